The van der Waals surface area contributed by atoms with Crippen LogP contribution in [0.2, 0.25) is 0 Å². The van der Waals surface area contributed by atoms with Crippen LogP contribution in [0.3, 0.4) is 0 Å². The zero-order valence-corrected chi connectivity index (χ0v) is 38.1. The molecule has 8 nitrogen and oxygen atoms in total. The maximum atomic E-state index is 12.9. The summed E-state index contributed by atoms with van der Waals surface area (Å²) in [5.74, 6) is -0.144. The maximum Gasteiger partial charge on any atom is 0.472 e. The highest BCUT2D eigenvalue weighted by atomic mass is 31.2. The number of hydrogen-bond donors (Lipinski definition) is 3. The van der Waals surface area contributed by atoms with E-state index in [-0.39, 0.29) is 19.1 Å². The van der Waals surface area contributed by atoms with Crippen molar-refractivity contribution in [2.45, 2.75) is 238 Å². The van der Waals surface area contributed by atoms with Crippen molar-refractivity contribution in [1.29, 1.82) is 0 Å². The Morgan fingerprint density at radius 3 is 1.40 bits per heavy atom. The van der Waals surface area contributed by atoms with Crippen molar-refractivity contribution in [2.75, 3.05) is 40.9 Å². The molecule has 0 aromatic rings. The Bertz CT molecular complexity index is 911. The first kappa shape index (κ1) is 54.2. The van der Waals surface area contributed by atoms with E-state index in [1.54, 1.807) is 0 Å². The summed E-state index contributed by atoms with van der Waals surface area (Å²) in [6.45, 7) is 4.88. The highest BCUT2D eigenvalue weighted by molar-refractivity contribution is 7.47. The number of carbonyl (C=O) groups excluding carboxylic acids is 1. The minimum atomic E-state index is -4.31. The van der Waals surface area contributed by atoms with E-state index in [0.717, 1.165) is 38.5 Å². The summed E-state index contributed by atoms with van der Waals surface area (Å²) in [6, 6.07) is -0.754. The van der Waals surface area contributed by atoms with Crippen molar-refractivity contribution in [1.82, 2.24) is 5.32 Å². The molecule has 3 N–H and O–H groups in total. The average Bonchev–Trinajstić information content (AvgIpc) is 3.13. The summed E-state index contributed by atoms with van der Waals surface area (Å²) < 4.78 is 23.6. The van der Waals surface area contributed by atoms with Crippen molar-refractivity contribution in [3.05, 3.63) is 12.2 Å². The third-order valence-corrected chi connectivity index (χ3v) is 11.7. The molecule has 0 aliphatic carbocycles. The minimum absolute atomic E-state index is 0.0767. The zero-order valence-electron chi connectivity index (χ0n) is 37.2. The standard InChI is InChI=1S/C46H93N2O6P/c1-6-8-10-12-14-16-18-19-20-21-22-23-24-25-26-27-28-29-30-32-34-36-38-40-46(50)47-44(43-54-55(51,52)53-42-41-48(3,4)5)45(49)39-37-35-33-31-17-15-13-11-9-7-2/h19-20,44-45,49H,6-18,21-43H2,1-5H3,(H-,47,50,51,52)/p+1/b20-19+/t44-,45+/m0/s1. The molecule has 0 rings (SSSR count). The summed E-state index contributed by atoms with van der Waals surface area (Å²) in [6.07, 6.45) is 43.9. The smallest absolute Gasteiger partial charge is 0.391 e. The number of aliphatic hydroxyl groups is 1. The zero-order chi connectivity index (χ0) is 40.7. The number of nitrogens with zero attached hydrogens (tertiary/aromatic N) is 1. The number of rotatable bonds is 43. The summed E-state index contributed by atoms with van der Waals surface area (Å²) in [7, 11) is 1.62. The highest BCUT2D eigenvalue weighted by Crippen LogP contribution is 2.43. The van der Waals surface area contributed by atoms with Crippen molar-refractivity contribution < 1.29 is 32.9 Å². The molecule has 328 valence electrons. The van der Waals surface area contributed by atoms with Gasteiger partial charge in [-0.25, -0.2) is 4.57 Å². The second kappa shape index (κ2) is 38.7. The summed E-state index contributed by atoms with van der Waals surface area (Å²) in [5.41, 5.74) is 0. The molecular weight excluding hydrogens is 707 g/mol. The van der Waals surface area contributed by atoms with Crippen LogP contribution >= 0.6 is 7.82 Å². The van der Waals surface area contributed by atoms with E-state index in [1.165, 1.54) is 161 Å². The first-order chi connectivity index (χ1) is 26.5. The molecule has 0 saturated heterocycles. The van der Waals surface area contributed by atoms with Gasteiger partial charge in [-0.05, 0) is 38.5 Å². The Morgan fingerprint density at radius 2 is 0.982 bits per heavy atom. The molecule has 0 aliphatic heterocycles. The lowest BCUT2D eigenvalue weighted by Crippen LogP contribution is -2.46. The van der Waals surface area contributed by atoms with E-state index in [2.05, 4.69) is 31.3 Å². The van der Waals surface area contributed by atoms with E-state index in [9.17, 15) is 19.4 Å². The Morgan fingerprint density at radius 1 is 0.600 bits per heavy atom. The van der Waals surface area contributed by atoms with Crippen LogP contribution in [0.15, 0.2) is 12.2 Å². The van der Waals surface area contributed by atoms with Crippen molar-refractivity contribution in [2.24, 2.45) is 0 Å². The van der Waals surface area contributed by atoms with E-state index in [4.69, 9.17) is 9.05 Å². The van der Waals surface area contributed by atoms with Crippen LogP contribution in [-0.2, 0) is 18.4 Å². The number of carbonyl (C=O) groups is 1. The molecule has 0 bridgehead atoms. The molecule has 0 heterocycles. The number of amides is 1. The predicted molar refractivity (Wildman–Crippen MR) is 235 cm³/mol. The van der Waals surface area contributed by atoms with Gasteiger partial charge in [0.05, 0.1) is 39.9 Å². The van der Waals surface area contributed by atoms with Crippen LogP contribution in [0.1, 0.15) is 226 Å². The van der Waals surface area contributed by atoms with Gasteiger partial charge in [0.2, 0.25) is 5.91 Å². The summed E-state index contributed by atoms with van der Waals surface area (Å²) in [4.78, 5) is 23.1. The fourth-order valence-electron chi connectivity index (χ4n) is 6.98. The number of phosphoric acid groups is 1. The van der Waals surface area contributed by atoms with Gasteiger partial charge in [0.15, 0.2) is 0 Å². The molecule has 1 unspecified atom stereocenters. The number of unbranched alkanes of at least 4 members (excludes halogenated alkanes) is 28. The predicted octanol–water partition coefficient (Wildman–Crippen LogP) is 13.1. The molecular formula is C46H94N2O6P+. The van der Waals surface area contributed by atoms with Gasteiger partial charge >= 0.3 is 7.82 Å². The van der Waals surface area contributed by atoms with Crippen molar-refractivity contribution in [3.63, 3.8) is 0 Å². The number of quaternary nitrogens is 1. The van der Waals surface area contributed by atoms with Crippen LogP contribution in [0.5, 0.6) is 0 Å². The minimum Gasteiger partial charge on any atom is -0.391 e. The van der Waals surface area contributed by atoms with Crippen molar-refractivity contribution >= 4 is 13.7 Å². The fourth-order valence-corrected chi connectivity index (χ4v) is 7.72. The van der Waals surface area contributed by atoms with E-state index in [0.29, 0.717) is 23.9 Å². The lowest BCUT2D eigenvalue weighted by atomic mass is 10.0. The molecule has 0 spiro atoms. The normalized spacial score (nSPS) is 14.4. The number of phosphoric ester groups is 1. The second-order valence-electron chi connectivity index (χ2n) is 17.5. The first-order valence-electron chi connectivity index (χ1n) is 23.6. The summed E-state index contributed by atoms with van der Waals surface area (Å²) >= 11 is 0. The Kier molecular flexibility index (Phi) is 38.2. The lowest BCUT2D eigenvalue weighted by molar-refractivity contribution is -0.870. The van der Waals surface area contributed by atoms with Gasteiger partial charge in [0.25, 0.3) is 0 Å². The molecule has 3 atom stereocenters. The molecule has 0 saturated carbocycles. The van der Waals surface area contributed by atoms with Gasteiger partial charge in [0.1, 0.15) is 13.2 Å². The lowest BCUT2D eigenvalue weighted by Gasteiger charge is -2.26. The number of aliphatic hydroxyl groups excluding tert-OH is 1. The van der Waals surface area contributed by atoms with Crippen molar-refractivity contribution in [3.8, 4) is 0 Å². The van der Waals surface area contributed by atoms with Gasteiger partial charge < -0.3 is 19.8 Å². The molecule has 9 heteroatoms. The molecule has 55 heavy (non-hydrogen) atoms. The van der Waals surface area contributed by atoms with E-state index in [1.807, 2.05) is 21.1 Å². The van der Waals surface area contributed by atoms with Crippen LogP contribution in [0.25, 0.3) is 0 Å². The van der Waals surface area contributed by atoms with E-state index >= 15 is 0 Å². The first-order valence-corrected chi connectivity index (χ1v) is 25.0. The molecule has 0 fully saturated rings. The van der Waals surface area contributed by atoms with Gasteiger partial charge in [-0.1, -0.05) is 193 Å². The maximum absolute atomic E-state index is 12.9. The van der Waals surface area contributed by atoms with Gasteiger partial charge in [0, 0.05) is 6.42 Å². The number of likely N-dealkylation sites (N-methyl/N-ethyl adjacent to an activating group) is 1. The quantitative estimate of drug-likeness (QED) is 0.0245. The molecule has 1 amide bonds. The van der Waals surface area contributed by atoms with E-state index < -0.39 is 20.0 Å². The Hall–Kier alpha value is -0.760. The third kappa shape index (κ3) is 41.2. The van der Waals surface area contributed by atoms with Crippen LogP contribution in [0.4, 0.5) is 0 Å². The van der Waals surface area contributed by atoms with Gasteiger partial charge in [-0.3, -0.25) is 13.8 Å². The molecule has 0 aromatic heterocycles. The topological polar surface area (TPSA) is 105 Å². The SMILES string of the molecule is CCCCCCCC/C=C/CCCCCCCCCCCCCCCC(=O)N[C@@H](COP(=O)(O)OCC[N+](C)(C)C)[C@H](O)CCCCCCCCCCCC. The van der Waals surface area contributed by atoms with Crippen LogP contribution in [0, 0.1) is 0 Å². The summed E-state index contributed by atoms with van der Waals surface area (Å²) in [5, 5.41) is 13.9. The Labute approximate surface area is 342 Å². The largest absolute Gasteiger partial charge is 0.472 e. The molecule has 0 radical (unpaired) electrons. The van der Waals surface area contributed by atoms with Gasteiger partial charge in [-0.15, -0.1) is 0 Å². The fraction of sp³-hybridized carbons (Fsp3) is 0.935. The average molecular weight is 802 g/mol. The number of hydrogen-bond acceptors (Lipinski definition) is 5. The Balaban J connectivity index is 4.15. The van der Waals surface area contributed by atoms with Crippen LogP contribution < -0.4 is 5.32 Å². The van der Waals surface area contributed by atoms with Gasteiger partial charge in [-0.2, -0.15) is 0 Å². The van der Waals surface area contributed by atoms with Crippen LogP contribution in [-0.4, -0.2) is 73.4 Å². The second-order valence-corrected chi connectivity index (χ2v) is 18.9. The third-order valence-electron chi connectivity index (χ3n) is 10.8. The number of allylic oxidation sites excluding steroid dienone is 2. The number of nitrogens with one attached hydrogen (secondary N) is 1. The molecule has 0 aliphatic rings. The monoisotopic (exact) mass is 802 g/mol. The molecule has 0 aromatic carbocycles. The highest BCUT2D eigenvalue weighted by Gasteiger charge is 2.28.